The van der Waals surface area contributed by atoms with E-state index in [1.807, 2.05) is 12.1 Å². The summed E-state index contributed by atoms with van der Waals surface area (Å²) in [6.45, 7) is 0. The molecule has 0 saturated carbocycles. The minimum atomic E-state index is -0.476. The highest BCUT2D eigenvalue weighted by Gasteiger charge is 2.44. The van der Waals surface area contributed by atoms with Gasteiger partial charge in [-0.2, -0.15) is 9.97 Å². The Kier molecular flexibility index (Phi) is 6.25. The van der Waals surface area contributed by atoms with E-state index >= 15 is 0 Å². The molecule has 0 fully saturated rings. The summed E-state index contributed by atoms with van der Waals surface area (Å²) >= 11 is 25.7. The number of rotatable bonds is 3. The van der Waals surface area contributed by atoms with Gasteiger partial charge in [0.2, 0.25) is 11.8 Å². The van der Waals surface area contributed by atoms with Gasteiger partial charge in [0.25, 0.3) is 0 Å². The highest BCUT2D eigenvalue weighted by molar-refractivity contribution is 6.31. The normalized spacial score (nSPS) is 16.3. The first kappa shape index (κ1) is 27.2. The minimum Gasteiger partial charge on any atom is -0.507 e. The van der Waals surface area contributed by atoms with Crippen LogP contribution in [0.5, 0.6) is 34.8 Å². The minimum absolute atomic E-state index is 0.00243. The fraction of sp³-hybridized carbons (Fsp3) is 0.0625. The van der Waals surface area contributed by atoms with E-state index in [4.69, 9.17) is 65.8 Å². The van der Waals surface area contributed by atoms with Gasteiger partial charge in [-0.3, -0.25) is 0 Å². The van der Waals surface area contributed by atoms with E-state index in [0.717, 1.165) is 11.1 Å². The highest BCUT2D eigenvalue weighted by Crippen LogP contribution is 2.57. The summed E-state index contributed by atoms with van der Waals surface area (Å²) in [5.74, 6) is 1.55. The molecule has 12 heteroatoms. The lowest BCUT2D eigenvalue weighted by Gasteiger charge is -2.34. The van der Waals surface area contributed by atoms with Crippen LogP contribution in [0, 0.1) is 0 Å². The predicted octanol–water partition coefficient (Wildman–Crippen LogP) is 9.67. The summed E-state index contributed by atoms with van der Waals surface area (Å²) in [5.41, 5.74) is 3.63. The largest absolute Gasteiger partial charge is 0.507 e. The molecule has 8 rings (SSSR count). The molecule has 0 saturated heterocycles. The Morgan fingerprint density at radius 2 is 0.932 bits per heavy atom. The second kappa shape index (κ2) is 10.1. The van der Waals surface area contributed by atoms with Crippen molar-refractivity contribution in [3.05, 3.63) is 115 Å². The Morgan fingerprint density at radius 3 is 1.36 bits per heavy atom. The van der Waals surface area contributed by atoms with Crippen LogP contribution in [0.3, 0.4) is 0 Å². The number of hydrogen-bond acceptors (Lipinski definition) is 6. The van der Waals surface area contributed by atoms with Crippen LogP contribution in [0.25, 0.3) is 22.8 Å². The van der Waals surface area contributed by atoms with Gasteiger partial charge in [-0.15, -0.1) is 0 Å². The van der Waals surface area contributed by atoms with Crippen LogP contribution in [0.2, 0.25) is 20.1 Å². The fourth-order valence-electron chi connectivity index (χ4n) is 5.89. The van der Waals surface area contributed by atoms with Crippen molar-refractivity contribution in [2.45, 2.75) is 11.8 Å². The standard InChI is InChI=1S/C32H18Cl4N4O4/c33-13-1-5-21(41)17(9-13)29-37-27-25(19-11-15(35)3-7-23(19)43-31(27)39-29)26-20-12-16(36)4-8-24(20)44-32-28(26)38-30(40-32)18-10-14(34)2-6-22(18)42/h1-12,25-26,41-42H,(H,37,39)(H,38,40). The Labute approximate surface area is 269 Å². The van der Waals surface area contributed by atoms with Crippen molar-refractivity contribution in [3.63, 3.8) is 0 Å². The van der Waals surface area contributed by atoms with Crippen LogP contribution in [-0.4, -0.2) is 30.1 Å². The van der Waals surface area contributed by atoms with Crippen molar-refractivity contribution < 1.29 is 19.7 Å². The molecule has 4 N–H and O–H groups in total. The average molecular weight is 664 g/mol. The van der Waals surface area contributed by atoms with Gasteiger partial charge in [0.1, 0.15) is 34.6 Å². The number of aromatic nitrogens is 4. The molecule has 2 atom stereocenters. The Bertz CT molecular complexity index is 1990. The summed E-state index contributed by atoms with van der Waals surface area (Å²) in [5, 5.41) is 23.2. The summed E-state index contributed by atoms with van der Waals surface area (Å²) < 4.78 is 12.6. The van der Waals surface area contributed by atoms with Crippen LogP contribution in [-0.2, 0) is 0 Å². The molecule has 4 aromatic carbocycles. The maximum Gasteiger partial charge on any atom is 0.241 e. The fourth-order valence-corrected chi connectivity index (χ4v) is 6.60. The molecule has 0 amide bonds. The number of halogens is 4. The molecule has 2 unspecified atom stereocenters. The monoisotopic (exact) mass is 662 g/mol. The molecule has 0 radical (unpaired) electrons. The molecule has 2 aromatic heterocycles. The first-order valence-corrected chi connectivity index (χ1v) is 14.9. The first-order valence-electron chi connectivity index (χ1n) is 13.4. The number of H-pyrrole nitrogens is 2. The highest BCUT2D eigenvalue weighted by atomic mass is 35.5. The second-order valence-corrected chi connectivity index (χ2v) is 12.2. The third kappa shape index (κ3) is 4.37. The first-order chi connectivity index (χ1) is 21.2. The number of aromatic hydroxyl groups is 2. The van der Waals surface area contributed by atoms with E-state index in [0.29, 0.717) is 77.5 Å². The predicted molar refractivity (Wildman–Crippen MR) is 168 cm³/mol. The number of ether oxygens (including phenoxy) is 2. The Hall–Kier alpha value is -4.34. The average Bonchev–Trinajstić information content (AvgIpc) is 3.62. The SMILES string of the molecule is Oc1ccc(Cl)cc1-c1nc2c([nH]1)C(C1c3cc(Cl)ccc3Oc3nc(-c4cc(Cl)ccc4O)[nH]c31)c1cc(Cl)ccc1O2. The molecule has 2 aliphatic heterocycles. The summed E-state index contributed by atoms with van der Waals surface area (Å²) in [6, 6.07) is 20.2. The Morgan fingerprint density at radius 1 is 0.545 bits per heavy atom. The number of benzene rings is 4. The lowest BCUT2D eigenvalue weighted by Crippen LogP contribution is -2.22. The van der Waals surface area contributed by atoms with Crippen molar-refractivity contribution in [1.82, 2.24) is 19.9 Å². The molecule has 0 aliphatic carbocycles. The number of aromatic amines is 2. The zero-order chi connectivity index (χ0) is 30.3. The van der Waals surface area contributed by atoms with E-state index in [1.54, 1.807) is 48.5 Å². The van der Waals surface area contributed by atoms with Gasteiger partial charge < -0.3 is 29.7 Å². The molecule has 6 aromatic rings. The zero-order valence-electron chi connectivity index (χ0n) is 22.2. The Balaban J connectivity index is 1.38. The van der Waals surface area contributed by atoms with E-state index in [2.05, 4.69) is 9.97 Å². The van der Waals surface area contributed by atoms with Crippen LogP contribution < -0.4 is 9.47 Å². The van der Waals surface area contributed by atoms with E-state index in [1.165, 1.54) is 12.1 Å². The number of hydrogen-bond donors (Lipinski definition) is 4. The molecule has 44 heavy (non-hydrogen) atoms. The quantitative estimate of drug-likeness (QED) is 0.150. The van der Waals surface area contributed by atoms with Crippen molar-refractivity contribution in [3.8, 4) is 57.5 Å². The van der Waals surface area contributed by atoms with E-state index in [-0.39, 0.29) is 11.5 Å². The van der Waals surface area contributed by atoms with E-state index < -0.39 is 11.8 Å². The van der Waals surface area contributed by atoms with Crippen LogP contribution in [0.15, 0.2) is 72.8 Å². The lowest BCUT2D eigenvalue weighted by molar-refractivity contribution is 0.397. The van der Waals surface area contributed by atoms with Crippen molar-refractivity contribution in [2.24, 2.45) is 0 Å². The number of fused-ring (bicyclic) bond motifs is 4. The molecule has 0 spiro atoms. The summed E-state index contributed by atoms with van der Waals surface area (Å²) in [7, 11) is 0. The maximum absolute atomic E-state index is 10.7. The number of nitrogens with zero attached hydrogens (tertiary/aromatic N) is 2. The molecule has 218 valence electrons. The van der Waals surface area contributed by atoms with Gasteiger partial charge >= 0.3 is 0 Å². The van der Waals surface area contributed by atoms with Crippen LogP contribution in [0.4, 0.5) is 0 Å². The van der Waals surface area contributed by atoms with Gasteiger partial charge in [-0.25, -0.2) is 0 Å². The second-order valence-electron chi connectivity index (χ2n) is 10.5. The summed E-state index contributed by atoms with van der Waals surface area (Å²) in [4.78, 5) is 16.3. The van der Waals surface area contributed by atoms with E-state index in [9.17, 15) is 10.2 Å². The van der Waals surface area contributed by atoms with Crippen molar-refractivity contribution in [1.29, 1.82) is 0 Å². The number of imidazole rings is 2. The maximum atomic E-state index is 10.7. The van der Waals surface area contributed by atoms with Gasteiger partial charge in [0.05, 0.1) is 22.5 Å². The number of phenols is 2. The van der Waals surface area contributed by atoms with Crippen molar-refractivity contribution in [2.75, 3.05) is 0 Å². The molecular weight excluding hydrogens is 646 g/mol. The number of nitrogens with one attached hydrogen (secondary N) is 2. The topological polar surface area (TPSA) is 116 Å². The summed E-state index contributed by atoms with van der Waals surface area (Å²) in [6.07, 6.45) is 0. The third-order valence-corrected chi connectivity index (χ3v) is 8.74. The zero-order valence-corrected chi connectivity index (χ0v) is 25.2. The molecule has 2 aliphatic rings. The van der Waals surface area contributed by atoms with Crippen LogP contribution in [0.1, 0.15) is 34.4 Å². The van der Waals surface area contributed by atoms with Crippen molar-refractivity contribution >= 4 is 46.4 Å². The third-order valence-electron chi connectivity index (χ3n) is 7.80. The molecule has 4 heterocycles. The smallest absolute Gasteiger partial charge is 0.241 e. The molecule has 0 bridgehead atoms. The van der Waals surface area contributed by atoms with Gasteiger partial charge in [-0.1, -0.05) is 46.4 Å². The van der Waals surface area contributed by atoms with Crippen LogP contribution >= 0.6 is 46.4 Å². The van der Waals surface area contributed by atoms with Gasteiger partial charge in [0, 0.05) is 43.1 Å². The molecular formula is C32H18Cl4N4O4. The van der Waals surface area contributed by atoms with Gasteiger partial charge in [-0.05, 0) is 72.8 Å². The van der Waals surface area contributed by atoms with Gasteiger partial charge in [0.15, 0.2) is 0 Å². The lowest BCUT2D eigenvalue weighted by atomic mass is 9.75. The molecule has 8 nitrogen and oxygen atoms in total. The number of phenolic OH excluding ortho intramolecular Hbond substituents is 2.